The third-order valence-electron chi connectivity index (χ3n) is 1.12. The Labute approximate surface area is 65.4 Å². The molecule has 0 aromatic heterocycles. The van der Waals surface area contributed by atoms with Crippen LogP contribution in [0.25, 0.3) is 0 Å². The van der Waals surface area contributed by atoms with Crippen molar-refractivity contribution >= 4 is 16.9 Å². The fourth-order valence-corrected chi connectivity index (χ4v) is 1.23. The van der Waals surface area contributed by atoms with Gasteiger partial charge in [0, 0.05) is 5.75 Å². The maximum absolute atomic E-state index is 11.5. The van der Waals surface area contributed by atoms with Crippen molar-refractivity contribution in [3.05, 3.63) is 0 Å². The summed E-state index contributed by atoms with van der Waals surface area (Å²) >= 11 is 1.10. The van der Waals surface area contributed by atoms with E-state index in [9.17, 15) is 9.18 Å². The monoisotopic (exact) mass is 164 g/mol. The van der Waals surface area contributed by atoms with Crippen molar-refractivity contribution in [2.45, 2.75) is 26.2 Å². The second kappa shape index (κ2) is 7.06. The molecule has 0 bridgehead atoms. The Balaban J connectivity index is 2.96. The second-order valence-electron chi connectivity index (χ2n) is 2.06. The number of hydrogen-bond acceptors (Lipinski definition) is 2. The summed E-state index contributed by atoms with van der Waals surface area (Å²) in [6, 6.07) is 0. The van der Waals surface area contributed by atoms with Crippen LogP contribution in [0, 0.1) is 0 Å². The Morgan fingerprint density at radius 3 is 2.70 bits per heavy atom. The predicted molar refractivity (Wildman–Crippen MR) is 43.0 cm³/mol. The molecule has 0 saturated heterocycles. The number of unbranched alkanes of at least 4 members (excludes halogenated alkanes) is 2. The number of hydrogen-bond donors (Lipinski definition) is 0. The largest absolute Gasteiger partial charge is 0.284 e. The summed E-state index contributed by atoms with van der Waals surface area (Å²) in [6.07, 6.45) is 3.30. The van der Waals surface area contributed by atoms with E-state index < -0.39 is 6.67 Å². The first kappa shape index (κ1) is 9.95. The molecular formula is C7H13FOS. The Morgan fingerprint density at radius 2 is 2.20 bits per heavy atom. The average molecular weight is 164 g/mol. The molecule has 0 fully saturated rings. The minimum absolute atomic E-state index is 0.337. The molecule has 60 valence electrons. The molecule has 0 rings (SSSR count). The summed E-state index contributed by atoms with van der Waals surface area (Å²) in [7, 11) is 0. The van der Waals surface area contributed by atoms with E-state index in [0.717, 1.165) is 36.8 Å². The molecular weight excluding hydrogens is 151 g/mol. The van der Waals surface area contributed by atoms with Gasteiger partial charge in [-0.05, 0) is 6.42 Å². The highest BCUT2D eigenvalue weighted by molar-refractivity contribution is 8.13. The quantitative estimate of drug-likeness (QED) is 0.580. The number of halogens is 1. The Morgan fingerprint density at radius 1 is 1.50 bits per heavy atom. The van der Waals surface area contributed by atoms with E-state index in [1.165, 1.54) is 0 Å². The molecule has 0 aromatic carbocycles. The van der Waals surface area contributed by atoms with Crippen molar-refractivity contribution in [3.8, 4) is 0 Å². The van der Waals surface area contributed by atoms with Crippen molar-refractivity contribution in [3.63, 3.8) is 0 Å². The standard InChI is InChI=1S/C7H13FOS/c1-2-3-4-5-10-7(9)6-8/h2-6H2,1H3. The Hall–Kier alpha value is -0.0500. The maximum Gasteiger partial charge on any atom is 0.219 e. The summed E-state index contributed by atoms with van der Waals surface area (Å²) in [5, 5.41) is -0.337. The van der Waals surface area contributed by atoms with Crippen LogP contribution in [0.1, 0.15) is 26.2 Å². The highest BCUT2D eigenvalue weighted by atomic mass is 32.2. The molecule has 0 aliphatic rings. The van der Waals surface area contributed by atoms with Crippen LogP contribution in [-0.2, 0) is 4.79 Å². The number of carbonyl (C=O) groups is 1. The van der Waals surface area contributed by atoms with Gasteiger partial charge in [0.2, 0.25) is 5.12 Å². The zero-order chi connectivity index (χ0) is 7.82. The number of alkyl halides is 1. The van der Waals surface area contributed by atoms with Gasteiger partial charge < -0.3 is 0 Å². The molecule has 0 aromatic rings. The Kier molecular flexibility index (Phi) is 7.03. The molecule has 0 atom stereocenters. The van der Waals surface area contributed by atoms with E-state index in [1.807, 2.05) is 0 Å². The van der Waals surface area contributed by atoms with Gasteiger partial charge in [-0.2, -0.15) is 0 Å². The first-order valence-corrected chi connectivity index (χ1v) is 4.51. The van der Waals surface area contributed by atoms with Crippen molar-refractivity contribution in [1.29, 1.82) is 0 Å². The van der Waals surface area contributed by atoms with Gasteiger partial charge in [-0.25, -0.2) is 4.39 Å². The lowest BCUT2D eigenvalue weighted by Gasteiger charge is -1.94. The van der Waals surface area contributed by atoms with Gasteiger partial charge in [-0.1, -0.05) is 31.5 Å². The van der Waals surface area contributed by atoms with E-state index >= 15 is 0 Å². The van der Waals surface area contributed by atoms with Gasteiger partial charge in [-0.3, -0.25) is 4.79 Å². The lowest BCUT2D eigenvalue weighted by molar-refractivity contribution is -0.111. The lowest BCUT2D eigenvalue weighted by atomic mass is 10.3. The summed E-state index contributed by atoms with van der Waals surface area (Å²) in [6.45, 7) is 1.28. The van der Waals surface area contributed by atoms with Crippen LogP contribution in [0.4, 0.5) is 4.39 Å². The van der Waals surface area contributed by atoms with Crippen LogP contribution in [0.3, 0.4) is 0 Å². The van der Waals surface area contributed by atoms with Crippen LogP contribution in [0.5, 0.6) is 0 Å². The predicted octanol–water partition coefficient (Wildman–Crippen LogP) is 2.41. The number of rotatable bonds is 5. The topological polar surface area (TPSA) is 17.1 Å². The van der Waals surface area contributed by atoms with Crippen molar-refractivity contribution < 1.29 is 9.18 Å². The van der Waals surface area contributed by atoms with Crippen LogP contribution >= 0.6 is 11.8 Å². The van der Waals surface area contributed by atoms with Crippen molar-refractivity contribution in [2.75, 3.05) is 12.4 Å². The first-order chi connectivity index (χ1) is 4.81. The van der Waals surface area contributed by atoms with Gasteiger partial charge in [0.05, 0.1) is 0 Å². The van der Waals surface area contributed by atoms with Crippen LogP contribution in [-0.4, -0.2) is 17.5 Å². The van der Waals surface area contributed by atoms with Crippen LogP contribution in [0.15, 0.2) is 0 Å². The van der Waals surface area contributed by atoms with Crippen molar-refractivity contribution in [2.24, 2.45) is 0 Å². The third-order valence-corrected chi connectivity index (χ3v) is 2.04. The zero-order valence-electron chi connectivity index (χ0n) is 6.23. The summed E-state index contributed by atoms with van der Waals surface area (Å²) in [5.74, 6) is 0.774. The fraction of sp³-hybridized carbons (Fsp3) is 0.857. The summed E-state index contributed by atoms with van der Waals surface area (Å²) < 4.78 is 11.5. The van der Waals surface area contributed by atoms with Gasteiger partial charge in [0.15, 0.2) is 6.67 Å². The van der Waals surface area contributed by atoms with Crippen LogP contribution in [0.2, 0.25) is 0 Å². The normalized spacial score (nSPS) is 9.80. The van der Waals surface area contributed by atoms with E-state index in [-0.39, 0.29) is 5.12 Å². The SMILES string of the molecule is CCCCCSC(=O)CF. The first-order valence-electron chi connectivity index (χ1n) is 3.52. The molecule has 0 unspecified atom stereocenters. The average Bonchev–Trinajstić information content (AvgIpc) is 1.98. The van der Waals surface area contributed by atoms with Gasteiger partial charge in [0.25, 0.3) is 0 Å². The molecule has 0 amide bonds. The van der Waals surface area contributed by atoms with E-state index in [4.69, 9.17) is 0 Å². The molecule has 0 aliphatic heterocycles. The molecule has 0 spiro atoms. The molecule has 0 aliphatic carbocycles. The molecule has 1 nitrogen and oxygen atoms in total. The summed E-state index contributed by atoms with van der Waals surface area (Å²) in [5.41, 5.74) is 0. The molecule has 0 radical (unpaired) electrons. The van der Waals surface area contributed by atoms with Gasteiger partial charge in [-0.15, -0.1) is 0 Å². The van der Waals surface area contributed by atoms with Crippen molar-refractivity contribution in [1.82, 2.24) is 0 Å². The summed E-state index contributed by atoms with van der Waals surface area (Å²) in [4.78, 5) is 10.4. The van der Waals surface area contributed by atoms with E-state index in [0.29, 0.717) is 0 Å². The van der Waals surface area contributed by atoms with E-state index in [2.05, 4.69) is 6.92 Å². The molecule has 10 heavy (non-hydrogen) atoms. The molecule has 0 heterocycles. The lowest BCUT2D eigenvalue weighted by Crippen LogP contribution is -1.94. The highest BCUT2D eigenvalue weighted by Gasteiger charge is 1.98. The minimum atomic E-state index is -0.823. The maximum atomic E-state index is 11.5. The molecule has 0 N–H and O–H groups in total. The smallest absolute Gasteiger partial charge is 0.219 e. The second-order valence-corrected chi connectivity index (χ2v) is 3.21. The highest BCUT2D eigenvalue weighted by Crippen LogP contribution is 2.06. The Bertz CT molecular complexity index is 95.6. The zero-order valence-corrected chi connectivity index (χ0v) is 7.05. The molecule has 0 saturated carbocycles. The van der Waals surface area contributed by atoms with Gasteiger partial charge >= 0.3 is 0 Å². The molecule has 3 heteroatoms. The van der Waals surface area contributed by atoms with Crippen LogP contribution < -0.4 is 0 Å². The third kappa shape index (κ3) is 6.08. The van der Waals surface area contributed by atoms with Gasteiger partial charge in [0.1, 0.15) is 0 Å². The number of thioether (sulfide) groups is 1. The minimum Gasteiger partial charge on any atom is -0.284 e. The fourth-order valence-electron chi connectivity index (χ4n) is 0.577. The number of carbonyl (C=O) groups excluding carboxylic acids is 1. The van der Waals surface area contributed by atoms with E-state index in [1.54, 1.807) is 0 Å².